The normalized spacial score (nSPS) is 14.8. The van der Waals surface area contributed by atoms with E-state index in [4.69, 9.17) is 16.0 Å². The van der Waals surface area contributed by atoms with Crippen LogP contribution in [0.15, 0.2) is 63.9 Å². The summed E-state index contributed by atoms with van der Waals surface area (Å²) in [5, 5.41) is 10.1. The van der Waals surface area contributed by atoms with Gasteiger partial charge in [0.2, 0.25) is 11.8 Å². The molecule has 0 atom stereocenters. The van der Waals surface area contributed by atoms with Gasteiger partial charge in [-0.3, -0.25) is 4.79 Å². The maximum Gasteiger partial charge on any atom is 0.232 e. The number of rotatable bonds is 7. The summed E-state index contributed by atoms with van der Waals surface area (Å²) < 4.78 is 6.05. The lowest BCUT2D eigenvalue weighted by molar-refractivity contribution is -0.129. The molecule has 0 aliphatic carbocycles. The first-order valence-corrected chi connectivity index (χ1v) is 14.2. The van der Waals surface area contributed by atoms with Crippen molar-refractivity contribution in [2.45, 2.75) is 37.3 Å². The average Bonchev–Trinajstić information content (AvgIpc) is 3.36. The number of halogens is 1. The SMILES string of the molecule is Cc1c(-c2nc3cc(CO)ccc3o2)cccc1-c1cccc(SCC(=O)N(C)C2CCN(C)CC2)c1Cl. The van der Waals surface area contributed by atoms with Crippen LogP contribution >= 0.6 is 23.4 Å². The second kappa shape index (κ2) is 11.5. The molecule has 5 rings (SSSR count). The van der Waals surface area contributed by atoms with E-state index in [0.29, 0.717) is 33.8 Å². The highest BCUT2D eigenvalue weighted by Crippen LogP contribution is 2.40. The highest BCUT2D eigenvalue weighted by atomic mass is 35.5. The second-order valence-electron chi connectivity index (χ2n) is 9.90. The summed E-state index contributed by atoms with van der Waals surface area (Å²) in [5.41, 5.74) is 5.96. The lowest BCUT2D eigenvalue weighted by Gasteiger charge is -2.35. The summed E-state index contributed by atoms with van der Waals surface area (Å²) >= 11 is 8.41. The van der Waals surface area contributed by atoms with Gasteiger partial charge in [0.15, 0.2) is 5.58 Å². The van der Waals surface area contributed by atoms with Crippen molar-refractivity contribution < 1.29 is 14.3 Å². The summed E-state index contributed by atoms with van der Waals surface area (Å²) in [6.07, 6.45) is 2.02. The van der Waals surface area contributed by atoms with Gasteiger partial charge < -0.3 is 19.3 Å². The molecule has 1 amide bonds. The molecule has 1 aliphatic rings. The molecular weight excluding hydrogens is 518 g/mol. The van der Waals surface area contributed by atoms with Gasteiger partial charge in [0, 0.05) is 29.1 Å². The summed E-state index contributed by atoms with van der Waals surface area (Å²) in [6, 6.07) is 17.8. The summed E-state index contributed by atoms with van der Waals surface area (Å²) in [5.74, 6) is 1.01. The molecule has 0 spiro atoms. The number of fused-ring (bicyclic) bond motifs is 1. The van der Waals surface area contributed by atoms with Crippen LogP contribution in [0.25, 0.3) is 33.7 Å². The van der Waals surface area contributed by atoms with Gasteiger partial charge >= 0.3 is 0 Å². The maximum atomic E-state index is 13.0. The molecule has 0 bridgehead atoms. The fourth-order valence-corrected chi connectivity index (χ4v) is 6.29. The number of aliphatic hydroxyl groups excluding tert-OH is 1. The summed E-state index contributed by atoms with van der Waals surface area (Å²) in [7, 11) is 4.05. The van der Waals surface area contributed by atoms with Crippen LogP contribution in [0.4, 0.5) is 0 Å². The first kappa shape index (κ1) is 26.8. The van der Waals surface area contributed by atoms with E-state index in [-0.39, 0.29) is 12.5 Å². The Hall–Kier alpha value is -2.84. The number of thioether (sulfide) groups is 1. The maximum absolute atomic E-state index is 13.0. The Morgan fingerprint density at radius 3 is 2.61 bits per heavy atom. The minimum atomic E-state index is -0.0421. The Morgan fingerprint density at radius 2 is 1.84 bits per heavy atom. The predicted molar refractivity (Wildman–Crippen MR) is 155 cm³/mol. The third-order valence-corrected chi connectivity index (χ3v) is 8.99. The van der Waals surface area contributed by atoms with Crippen molar-refractivity contribution in [2.24, 2.45) is 0 Å². The molecule has 1 N–H and O–H groups in total. The van der Waals surface area contributed by atoms with E-state index in [9.17, 15) is 9.90 Å². The molecule has 1 aromatic heterocycles. The molecule has 6 nitrogen and oxygen atoms in total. The number of carbonyl (C=O) groups excluding carboxylic acids is 1. The molecule has 1 fully saturated rings. The summed E-state index contributed by atoms with van der Waals surface area (Å²) in [6.45, 7) is 4.04. The number of likely N-dealkylation sites (tertiary alicyclic amines) is 1. The van der Waals surface area contributed by atoms with E-state index >= 15 is 0 Å². The number of nitrogens with zero attached hydrogens (tertiary/aromatic N) is 3. The number of aliphatic hydroxyl groups is 1. The largest absolute Gasteiger partial charge is 0.436 e. The Morgan fingerprint density at radius 1 is 1.13 bits per heavy atom. The van der Waals surface area contributed by atoms with Crippen molar-refractivity contribution in [1.82, 2.24) is 14.8 Å². The standard InChI is InChI=1S/C30H32ClN3O3S/c1-19-22(6-4-7-23(19)30-32-25-16-20(17-35)10-11-26(25)37-30)24-8-5-9-27(29(24)31)38-18-28(36)34(3)21-12-14-33(2)15-13-21/h4-11,16,21,35H,12-15,17-18H2,1-3H3. The fraction of sp³-hybridized carbons (Fsp3) is 0.333. The molecular formula is C30H32ClN3O3S. The monoisotopic (exact) mass is 549 g/mol. The number of hydrogen-bond donors (Lipinski definition) is 1. The Balaban J connectivity index is 1.36. The number of aromatic nitrogens is 1. The molecule has 8 heteroatoms. The van der Waals surface area contributed by atoms with E-state index in [2.05, 4.69) is 16.9 Å². The summed E-state index contributed by atoms with van der Waals surface area (Å²) in [4.78, 5) is 22.7. The van der Waals surface area contributed by atoms with Gasteiger partial charge in [0.1, 0.15) is 5.52 Å². The number of benzene rings is 3. The lowest BCUT2D eigenvalue weighted by atomic mass is 9.96. The van der Waals surface area contributed by atoms with Gasteiger partial charge in [-0.2, -0.15) is 0 Å². The van der Waals surface area contributed by atoms with Crippen molar-refractivity contribution in [3.05, 3.63) is 70.7 Å². The van der Waals surface area contributed by atoms with Gasteiger partial charge in [-0.1, -0.05) is 41.9 Å². The van der Waals surface area contributed by atoms with E-state index in [1.807, 2.05) is 73.5 Å². The highest BCUT2D eigenvalue weighted by molar-refractivity contribution is 8.00. The van der Waals surface area contributed by atoms with Crippen LogP contribution in [0.1, 0.15) is 24.0 Å². The number of oxazole rings is 1. The third kappa shape index (κ3) is 5.47. The zero-order valence-electron chi connectivity index (χ0n) is 21.9. The minimum Gasteiger partial charge on any atom is -0.436 e. The van der Waals surface area contributed by atoms with Crippen molar-refractivity contribution in [3.8, 4) is 22.6 Å². The van der Waals surface area contributed by atoms with Crippen LogP contribution in [0.2, 0.25) is 5.02 Å². The van der Waals surface area contributed by atoms with Gasteiger partial charge in [-0.15, -0.1) is 11.8 Å². The zero-order chi connectivity index (χ0) is 26.8. The van der Waals surface area contributed by atoms with Crippen LogP contribution < -0.4 is 0 Å². The molecule has 2 heterocycles. The van der Waals surface area contributed by atoms with Crippen molar-refractivity contribution in [3.63, 3.8) is 0 Å². The first-order chi connectivity index (χ1) is 18.4. The van der Waals surface area contributed by atoms with Gasteiger partial charge in [-0.05, 0) is 80.9 Å². The highest BCUT2D eigenvalue weighted by Gasteiger charge is 2.24. The predicted octanol–water partition coefficient (Wildman–Crippen LogP) is 6.26. The number of hydrogen-bond acceptors (Lipinski definition) is 6. The topological polar surface area (TPSA) is 69.8 Å². The molecule has 1 aliphatic heterocycles. The van der Waals surface area contributed by atoms with E-state index in [1.165, 1.54) is 11.8 Å². The quantitative estimate of drug-likeness (QED) is 0.274. The smallest absolute Gasteiger partial charge is 0.232 e. The Kier molecular flexibility index (Phi) is 8.09. The number of amides is 1. The van der Waals surface area contributed by atoms with Crippen LogP contribution in [0.5, 0.6) is 0 Å². The fourth-order valence-electron chi connectivity index (χ4n) is 5.00. The van der Waals surface area contributed by atoms with E-state index in [1.54, 1.807) is 0 Å². The molecule has 3 aromatic carbocycles. The third-order valence-electron chi connectivity index (χ3n) is 7.43. The van der Waals surface area contributed by atoms with E-state index < -0.39 is 0 Å². The van der Waals surface area contributed by atoms with Crippen molar-refractivity contribution in [2.75, 3.05) is 32.9 Å². The van der Waals surface area contributed by atoms with Crippen LogP contribution in [-0.4, -0.2) is 64.8 Å². The lowest BCUT2D eigenvalue weighted by Crippen LogP contribution is -2.45. The molecule has 198 valence electrons. The molecule has 0 radical (unpaired) electrons. The van der Waals surface area contributed by atoms with Crippen LogP contribution in [0.3, 0.4) is 0 Å². The van der Waals surface area contributed by atoms with E-state index in [0.717, 1.165) is 58.6 Å². The first-order valence-electron chi connectivity index (χ1n) is 12.8. The number of piperidine rings is 1. The van der Waals surface area contributed by atoms with Gasteiger partial charge in [0.25, 0.3) is 0 Å². The molecule has 38 heavy (non-hydrogen) atoms. The molecule has 4 aromatic rings. The zero-order valence-corrected chi connectivity index (χ0v) is 23.5. The molecule has 0 saturated carbocycles. The van der Waals surface area contributed by atoms with Gasteiger partial charge in [-0.25, -0.2) is 4.98 Å². The average molecular weight is 550 g/mol. The second-order valence-corrected chi connectivity index (χ2v) is 11.3. The van der Waals surface area contributed by atoms with Crippen LogP contribution in [0, 0.1) is 6.92 Å². The van der Waals surface area contributed by atoms with Crippen molar-refractivity contribution >= 4 is 40.4 Å². The van der Waals surface area contributed by atoms with Crippen LogP contribution in [-0.2, 0) is 11.4 Å². The van der Waals surface area contributed by atoms with Gasteiger partial charge in [0.05, 0.1) is 17.4 Å². The van der Waals surface area contributed by atoms with Crippen molar-refractivity contribution in [1.29, 1.82) is 0 Å². The molecule has 0 unspecified atom stereocenters. The minimum absolute atomic E-state index is 0.0421. The number of carbonyl (C=O) groups is 1. The Labute approximate surface area is 232 Å². The Bertz CT molecular complexity index is 1460. The molecule has 1 saturated heterocycles.